The number of rotatable bonds is 4. The van der Waals surface area contributed by atoms with Gasteiger partial charge in [-0.3, -0.25) is 4.79 Å². The van der Waals surface area contributed by atoms with Gasteiger partial charge in [0.15, 0.2) is 5.78 Å². The van der Waals surface area contributed by atoms with Crippen molar-refractivity contribution in [2.24, 2.45) is 0 Å². The van der Waals surface area contributed by atoms with Crippen LogP contribution in [0, 0.1) is 6.92 Å². The van der Waals surface area contributed by atoms with E-state index in [1.54, 1.807) is 16.8 Å². The zero-order valence-electron chi connectivity index (χ0n) is 11.4. The highest BCUT2D eigenvalue weighted by Crippen LogP contribution is 2.15. The largest absolute Gasteiger partial charge is 0.398 e. The van der Waals surface area contributed by atoms with Gasteiger partial charge in [0, 0.05) is 17.3 Å². The predicted octanol–water partition coefficient (Wildman–Crippen LogP) is 2.18. The Bertz CT molecular complexity index is 601. The van der Waals surface area contributed by atoms with Crippen LogP contribution in [0.15, 0.2) is 24.5 Å². The minimum absolute atomic E-state index is 0.00148. The van der Waals surface area contributed by atoms with E-state index < -0.39 is 0 Å². The van der Waals surface area contributed by atoms with Gasteiger partial charge in [-0.15, -0.1) is 0 Å². The molecule has 0 aliphatic rings. The van der Waals surface area contributed by atoms with Crippen LogP contribution >= 0.6 is 0 Å². The number of aromatic nitrogens is 3. The second kappa shape index (κ2) is 5.22. The lowest BCUT2D eigenvalue weighted by Crippen LogP contribution is -2.13. The van der Waals surface area contributed by atoms with Crippen molar-refractivity contribution >= 4 is 11.5 Å². The molecule has 0 saturated carbocycles. The molecule has 0 aliphatic carbocycles. The summed E-state index contributed by atoms with van der Waals surface area (Å²) >= 11 is 0. The van der Waals surface area contributed by atoms with E-state index in [1.165, 1.54) is 6.33 Å². The molecule has 1 aromatic heterocycles. The van der Waals surface area contributed by atoms with Crippen molar-refractivity contribution in [3.8, 4) is 0 Å². The summed E-state index contributed by atoms with van der Waals surface area (Å²) in [6, 6.07) is 5.56. The van der Waals surface area contributed by atoms with E-state index in [1.807, 2.05) is 26.8 Å². The van der Waals surface area contributed by atoms with Gasteiger partial charge >= 0.3 is 0 Å². The van der Waals surface area contributed by atoms with Crippen LogP contribution in [0.2, 0.25) is 0 Å². The summed E-state index contributed by atoms with van der Waals surface area (Å²) < 4.78 is 1.76. The first-order valence-electron chi connectivity index (χ1n) is 6.26. The fraction of sp³-hybridized carbons (Fsp3) is 0.357. The number of anilines is 1. The number of Topliss-reactive ketones (excluding diaryl/α,β-unsaturated/α-hetero) is 1. The molecule has 0 spiro atoms. The summed E-state index contributed by atoms with van der Waals surface area (Å²) in [6.07, 6.45) is 1.72. The Labute approximate surface area is 112 Å². The van der Waals surface area contributed by atoms with E-state index >= 15 is 0 Å². The van der Waals surface area contributed by atoms with Crippen LogP contribution < -0.4 is 5.73 Å². The van der Waals surface area contributed by atoms with Gasteiger partial charge in [-0.1, -0.05) is 12.1 Å². The molecule has 100 valence electrons. The molecule has 0 unspecified atom stereocenters. The molecule has 1 heterocycles. The number of carbonyl (C=O) groups is 1. The van der Waals surface area contributed by atoms with Crippen molar-refractivity contribution in [1.29, 1.82) is 0 Å². The summed E-state index contributed by atoms with van der Waals surface area (Å²) in [5.74, 6) is 0.681. The smallest absolute Gasteiger partial charge is 0.170 e. The van der Waals surface area contributed by atoms with Crippen LogP contribution in [0.3, 0.4) is 0 Å². The van der Waals surface area contributed by atoms with Gasteiger partial charge in [-0.05, 0) is 32.4 Å². The average molecular weight is 258 g/mol. The quantitative estimate of drug-likeness (QED) is 0.673. The molecule has 2 rings (SSSR count). The van der Waals surface area contributed by atoms with E-state index in [9.17, 15) is 4.79 Å². The molecule has 0 aliphatic heterocycles. The maximum absolute atomic E-state index is 12.2. The molecule has 0 fully saturated rings. The molecule has 1 aromatic carbocycles. The lowest BCUT2D eigenvalue weighted by Gasteiger charge is -2.09. The van der Waals surface area contributed by atoms with Crippen molar-refractivity contribution in [3.05, 3.63) is 41.5 Å². The minimum atomic E-state index is 0.00148. The topological polar surface area (TPSA) is 73.8 Å². The fourth-order valence-corrected chi connectivity index (χ4v) is 1.89. The van der Waals surface area contributed by atoms with Crippen molar-refractivity contribution in [1.82, 2.24) is 14.8 Å². The Morgan fingerprint density at radius 1 is 1.42 bits per heavy atom. The zero-order chi connectivity index (χ0) is 14.0. The highest BCUT2D eigenvalue weighted by Gasteiger charge is 2.14. The van der Waals surface area contributed by atoms with E-state index in [0.717, 1.165) is 5.56 Å². The van der Waals surface area contributed by atoms with Crippen LogP contribution in [-0.4, -0.2) is 20.5 Å². The first-order chi connectivity index (χ1) is 8.99. The number of benzene rings is 1. The zero-order valence-corrected chi connectivity index (χ0v) is 11.4. The highest BCUT2D eigenvalue weighted by atomic mass is 16.1. The summed E-state index contributed by atoms with van der Waals surface area (Å²) in [4.78, 5) is 16.4. The first kappa shape index (κ1) is 13.3. The van der Waals surface area contributed by atoms with Gasteiger partial charge in [-0.25, -0.2) is 9.67 Å². The van der Waals surface area contributed by atoms with Crippen molar-refractivity contribution in [2.75, 3.05) is 5.73 Å². The van der Waals surface area contributed by atoms with Gasteiger partial charge < -0.3 is 5.73 Å². The fourth-order valence-electron chi connectivity index (χ4n) is 1.89. The van der Waals surface area contributed by atoms with Crippen molar-refractivity contribution in [2.45, 2.75) is 33.2 Å². The second-order valence-electron chi connectivity index (χ2n) is 4.89. The number of hydrogen-bond acceptors (Lipinski definition) is 4. The van der Waals surface area contributed by atoms with Crippen LogP contribution in [0.1, 0.15) is 41.6 Å². The molecule has 2 aromatic rings. The molecule has 0 bridgehead atoms. The Hall–Kier alpha value is -2.17. The van der Waals surface area contributed by atoms with Crippen LogP contribution in [0.5, 0.6) is 0 Å². The summed E-state index contributed by atoms with van der Waals surface area (Å²) in [7, 11) is 0. The molecule has 0 radical (unpaired) electrons. The Kier molecular flexibility index (Phi) is 3.64. The van der Waals surface area contributed by atoms with Gasteiger partial charge in [0.2, 0.25) is 0 Å². The first-order valence-corrected chi connectivity index (χ1v) is 6.26. The summed E-state index contributed by atoms with van der Waals surface area (Å²) in [6.45, 7) is 5.93. The van der Waals surface area contributed by atoms with E-state index in [0.29, 0.717) is 17.1 Å². The molecule has 5 heteroatoms. The van der Waals surface area contributed by atoms with Crippen molar-refractivity contribution < 1.29 is 4.79 Å². The average Bonchev–Trinajstić information content (AvgIpc) is 2.80. The highest BCUT2D eigenvalue weighted by molar-refractivity contribution is 5.98. The lowest BCUT2D eigenvalue weighted by molar-refractivity contribution is 0.0989. The van der Waals surface area contributed by atoms with Crippen LogP contribution in [-0.2, 0) is 6.42 Å². The second-order valence-corrected chi connectivity index (χ2v) is 4.89. The molecule has 19 heavy (non-hydrogen) atoms. The number of nitrogen functional groups attached to an aromatic ring is 1. The SMILES string of the molecule is Cc1ccc(C(=O)Cc2ncnn2C(C)C)cc1N. The molecule has 2 N–H and O–H groups in total. The van der Waals surface area contributed by atoms with Crippen LogP contribution in [0.25, 0.3) is 0 Å². The number of hydrogen-bond donors (Lipinski definition) is 1. The number of nitrogens with zero attached hydrogens (tertiary/aromatic N) is 3. The third-order valence-corrected chi connectivity index (χ3v) is 3.06. The van der Waals surface area contributed by atoms with Crippen molar-refractivity contribution in [3.63, 3.8) is 0 Å². The maximum Gasteiger partial charge on any atom is 0.170 e. The van der Waals surface area contributed by atoms with E-state index in [4.69, 9.17) is 5.73 Å². The summed E-state index contributed by atoms with van der Waals surface area (Å²) in [5.41, 5.74) is 8.05. The van der Waals surface area contributed by atoms with Gasteiger partial charge in [-0.2, -0.15) is 5.10 Å². The van der Waals surface area contributed by atoms with E-state index in [-0.39, 0.29) is 18.2 Å². The Morgan fingerprint density at radius 2 is 2.16 bits per heavy atom. The molecule has 5 nitrogen and oxygen atoms in total. The van der Waals surface area contributed by atoms with E-state index in [2.05, 4.69) is 10.1 Å². The predicted molar refractivity (Wildman–Crippen MR) is 74.0 cm³/mol. The van der Waals surface area contributed by atoms with Gasteiger partial charge in [0.05, 0.1) is 6.42 Å². The Morgan fingerprint density at radius 3 is 2.79 bits per heavy atom. The molecule has 0 atom stereocenters. The standard InChI is InChI=1S/C14H18N4O/c1-9(2)18-14(16-8-17-18)7-13(19)11-5-4-10(3)12(15)6-11/h4-6,8-9H,7,15H2,1-3H3. The maximum atomic E-state index is 12.2. The molecule has 0 amide bonds. The molecular weight excluding hydrogens is 240 g/mol. The third kappa shape index (κ3) is 2.81. The molecule has 0 saturated heterocycles. The third-order valence-electron chi connectivity index (χ3n) is 3.06. The number of ketones is 1. The monoisotopic (exact) mass is 258 g/mol. The number of aryl methyl sites for hydroxylation is 1. The van der Waals surface area contributed by atoms with Gasteiger partial charge in [0.1, 0.15) is 12.2 Å². The van der Waals surface area contributed by atoms with Crippen LogP contribution in [0.4, 0.5) is 5.69 Å². The van der Waals surface area contributed by atoms with Gasteiger partial charge in [0.25, 0.3) is 0 Å². The molecular formula is C14H18N4O. The normalized spacial score (nSPS) is 10.9. The summed E-state index contributed by atoms with van der Waals surface area (Å²) in [5, 5.41) is 4.12. The lowest BCUT2D eigenvalue weighted by atomic mass is 10.0. The number of nitrogens with two attached hydrogens (primary N) is 1. The number of carbonyl (C=O) groups excluding carboxylic acids is 1. The minimum Gasteiger partial charge on any atom is -0.398 e. The Balaban J connectivity index is 2.21.